The number of benzene rings is 2. The van der Waals surface area contributed by atoms with Crippen molar-refractivity contribution in [1.29, 1.82) is 5.26 Å². The number of halogens is 2. The minimum atomic E-state index is -0.477. The molecule has 154 valence electrons. The number of nitriles is 1. The highest BCUT2D eigenvalue weighted by atomic mass is 79.9. The van der Waals surface area contributed by atoms with E-state index in [1.54, 1.807) is 24.4 Å². The van der Waals surface area contributed by atoms with Crippen LogP contribution in [0.1, 0.15) is 16.1 Å². The van der Waals surface area contributed by atoms with E-state index < -0.39 is 5.91 Å². The zero-order chi connectivity index (χ0) is 21.8. The third-order valence-electron chi connectivity index (χ3n) is 4.24. The fourth-order valence-corrected chi connectivity index (χ4v) is 3.50. The summed E-state index contributed by atoms with van der Waals surface area (Å²) < 4.78 is 9.45. The Hall–Kier alpha value is -3.61. The van der Waals surface area contributed by atoms with Gasteiger partial charge in [-0.1, -0.05) is 45.7 Å². The molecule has 0 atom stereocenters. The highest BCUT2D eigenvalue weighted by molar-refractivity contribution is 9.10. The van der Waals surface area contributed by atoms with Crippen molar-refractivity contribution in [3.05, 3.63) is 87.7 Å². The van der Waals surface area contributed by atoms with Crippen molar-refractivity contribution in [2.45, 2.75) is 6.73 Å². The third-order valence-corrected chi connectivity index (χ3v) is 5.03. The van der Waals surface area contributed by atoms with Crippen LogP contribution < -0.4 is 10.1 Å². The van der Waals surface area contributed by atoms with Crippen LogP contribution in [0.25, 0.3) is 5.69 Å². The Bertz CT molecular complexity index is 1280. The van der Waals surface area contributed by atoms with Gasteiger partial charge in [0, 0.05) is 10.7 Å². The van der Waals surface area contributed by atoms with Gasteiger partial charge in [0.2, 0.25) is 0 Å². The molecule has 0 saturated heterocycles. The normalized spacial score (nSPS) is 10.5. The maximum Gasteiger partial charge on any atom is 0.277 e. The Morgan fingerprint density at radius 1 is 1.23 bits per heavy atom. The van der Waals surface area contributed by atoms with E-state index in [9.17, 15) is 10.1 Å². The lowest BCUT2D eigenvalue weighted by molar-refractivity contribution is 0.101. The molecule has 10 heteroatoms. The zero-order valence-electron chi connectivity index (χ0n) is 15.9. The maximum atomic E-state index is 12.7. The minimum Gasteiger partial charge on any atom is -0.470 e. The fraction of sp³-hybridized carbons (Fsp3) is 0.0476. The van der Waals surface area contributed by atoms with Gasteiger partial charge < -0.3 is 10.1 Å². The molecule has 2 aromatic carbocycles. The summed E-state index contributed by atoms with van der Waals surface area (Å²) in [5.74, 6) is 0.289. The lowest BCUT2D eigenvalue weighted by Crippen LogP contribution is -2.17. The van der Waals surface area contributed by atoms with E-state index >= 15 is 0 Å². The largest absolute Gasteiger partial charge is 0.470 e. The quantitative estimate of drug-likeness (QED) is 0.418. The van der Waals surface area contributed by atoms with Crippen LogP contribution in [0.15, 0.2) is 71.5 Å². The van der Waals surface area contributed by atoms with Gasteiger partial charge >= 0.3 is 0 Å². The van der Waals surface area contributed by atoms with E-state index in [1.807, 2.05) is 42.5 Å². The monoisotopic (exact) mass is 496 g/mol. The number of aromatic nitrogens is 4. The molecule has 2 heterocycles. The number of rotatable bonds is 6. The van der Waals surface area contributed by atoms with Crippen molar-refractivity contribution >= 4 is 39.3 Å². The Balaban J connectivity index is 1.49. The van der Waals surface area contributed by atoms with Gasteiger partial charge in [-0.2, -0.15) is 15.5 Å². The molecular formula is C21H14BrClN6O2. The zero-order valence-corrected chi connectivity index (χ0v) is 18.2. The van der Waals surface area contributed by atoms with Crippen LogP contribution >= 0.6 is 27.5 Å². The van der Waals surface area contributed by atoms with E-state index in [1.165, 1.54) is 15.6 Å². The van der Waals surface area contributed by atoms with Gasteiger partial charge in [-0.3, -0.25) is 4.79 Å². The minimum absolute atomic E-state index is 0.0695. The lowest BCUT2D eigenvalue weighted by atomic mass is 10.3. The molecule has 8 nitrogen and oxygen atoms in total. The summed E-state index contributed by atoms with van der Waals surface area (Å²) in [5.41, 5.74) is 1.12. The van der Waals surface area contributed by atoms with Gasteiger partial charge in [-0.05, 0) is 36.4 Å². The second-order valence-corrected chi connectivity index (χ2v) is 7.63. The number of amides is 1. The number of ether oxygens (including phenoxy) is 1. The summed E-state index contributed by atoms with van der Waals surface area (Å²) in [6, 6.07) is 18.1. The molecule has 0 bridgehead atoms. The number of para-hydroxylation sites is 1. The van der Waals surface area contributed by atoms with Crippen molar-refractivity contribution in [3.8, 4) is 17.5 Å². The first-order valence-corrected chi connectivity index (χ1v) is 10.2. The molecule has 1 N–H and O–H groups in total. The topological polar surface area (TPSA) is 97.8 Å². The van der Waals surface area contributed by atoms with Crippen molar-refractivity contribution in [3.63, 3.8) is 0 Å². The Morgan fingerprint density at radius 3 is 2.77 bits per heavy atom. The summed E-state index contributed by atoms with van der Waals surface area (Å²) in [6.45, 7) is 0.0695. The first kappa shape index (κ1) is 20.7. The summed E-state index contributed by atoms with van der Waals surface area (Å²) in [4.78, 5) is 12.7. The van der Waals surface area contributed by atoms with Gasteiger partial charge in [0.15, 0.2) is 18.2 Å². The molecular weight excluding hydrogens is 484 g/mol. The Kier molecular flexibility index (Phi) is 6.02. The smallest absolute Gasteiger partial charge is 0.277 e. The number of carbonyl (C=O) groups is 1. The molecule has 0 spiro atoms. The number of nitrogens with one attached hydrogen (secondary N) is 1. The fourth-order valence-electron chi connectivity index (χ4n) is 2.77. The standard InChI is InChI=1S/C21H14BrClN6O2/c22-15-6-7-19(17(23)10-15)31-13-28-9-8-18(27-28)21(30)26-20-14(11-24)12-25-29(20)16-4-2-1-3-5-16/h1-10,12H,13H2,(H,26,30). The maximum absolute atomic E-state index is 12.7. The summed E-state index contributed by atoms with van der Waals surface area (Å²) in [6.07, 6.45) is 3.01. The van der Waals surface area contributed by atoms with E-state index in [-0.39, 0.29) is 23.8 Å². The second-order valence-electron chi connectivity index (χ2n) is 6.31. The average molecular weight is 498 g/mol. The molecule has 31 heavy (non-hydrogen) atoms. The van der Waals surface area contributed by atoms with E-state index in [2.05, 4.69) is 31.4 Å². The van der Waals surface area contributed by atoms with Crippen molar-refractivity contribution < 1.29 is 9.53 Å². The van der Waals surface area contributed by atoms with Crippen LogP contribution in [-0.2, 0) is 6.73 Å². The molecule has 0 aliphatic heterocycles. The van der Waals surface area contributed by atoms with E-state index in [4.69, 9.17) is 16.3 Å². The molecule has 1 amide bonds. The highest BCUT2D eigenvalue weighted by Crippen LogP contribution is 2.28. The predicted octanol–water partition coefficient (Wildman–Crippen LogP) is 4.65. The molecule has 2 aromatic heterocycles. The van der Waals surface area contributed by atoms with Crippen LogP contribution in [0.3, 0.4) is 0 Å². The van der Waals surface area contributed by atoms with Crippen molar-refractivity contribution in [2.24, 2.45) is 0 Å². The van der Waals surface area contributed by atoms with Crippen LogP contribution in [0.2, 0.25) is 5.02 Å². The summed E-state index contributed by atoms with van der Waals surface area (Å²) in [5, 5.41) is 21.0. The second kappa shape index (κ2) is 9.04. The van der Waals surface area contributed by atoms with Crippen molar-refractivity contribution in [1.82, 2.24) is 19.6 Å². The molecule has 0 aliphatic carbocycles. The number of anilines is 1. The first-order valence-electron chi connectivity index (χ1n) is 9.01. The lowest BCUT2D eigenvalue weighted by Gasteiger charge is -2.09. The SMILES string of the molecule is N#Cc1cnn(-c2ccccc2)c1NC(=O)c1ccn(COc2ccc(Br)cc2Cl)n1. The molecule has 4 aromatic rings. The first-order chi connectivity index (χ1) is 15.0. The average Bonchev–Trinajstić information content (AvgIpc) is 3.41. The van der Waals surface area contributed by atoms with Gasteiger partial charge in [-0.15, -0.1) is 0 Å². The van der Waals surface area contributed by atoms with Gasteiger partial charge in [-0.25, -0.2) is 9.36 Å². The van der Waals surface area contributed by atoms with Gasteiger partial charge in [0.25, 0.3) is 5.91 Å². The molecule has 0 fully saturated rings. The van der Waals surface area contributed by atoms with Crippen LogP contribution in [0, 0.1) is 11.3 Å². The third kappa shape index (κ3) is 4.60. The van der Waals surface area contributed by atoms with Crippen LogP contribution in [0.5, 0.6) is 5.75 Å². The number of carbonyl (C=O) groups excluding carboxylic acids is 1. The van der Waals surface area contributed by atoms with Gasteiger partial charge in [0.1, 0.15) is 17.4 Å². The predicted molar refractivity (Wildman–Crippen MR) is 118 cm³/mol. The number of hydrogen-bond acceptors (Lipinski definition) is 5. The molecule has 0 radical (unpaired) electrons. The van der Waals surface area contributed by atoms with Gasteiger partial charge in [0.05, 0.1) is 16.9 Å². The number of nitrogens with zero attached hydrogens (tertiary/aromatic N) is 5. The molecule has 0 unspecified atom stereocenters. The molecule has 4 rings (SSSR count). The van der Waals surface area contributed by atoms with Crippen molar-refractivity contribution in [2.75, 3.05) is 5.32 Å². The number of hydrogen-bond donors (Lipinski definition) is 1. The molecule has 0 aliphatic rings. The Morgan fingerprint density at radius 2 is 2.03 bits per heavy atom. The summed E-state index contributed by atoms with van der Waals surface area (Å²) in [7, 11) is 0. The van der Waals surface area contributed by atoms with Crippen LogP contribution in [-0.4, -0.2) is 25.5 Å². The van der Waals surface area contributed by atoms with E-state index in [0.717, 1.165) is 4.47 Å². The molecule has 0 saturated carbocycles. The van der Waals surface area contributed by atoms with Crippen LogP contribution in [0.4, 0.5) is 5.82 Å². The van der Waals surface area contributed by atoms with E-state index in [0.29, 0.717) is 16.5 Å². The Labute approximate surface area is 190 Å². The highest BCUT2D eigenvalue weighted by Gasteiger charge is 2.18. The summed E-state index contributed by atoms with van der Waals surface area (Å²) >= 11 is 9.48.